The van der Waals surface area contributed by atoms with E-state index in [2.05, 4.69) is 5.32 Å². The molecule has 9 heteroatoms. The molecule has 29 heavy (non-hydrogen) atoms. The molecular weight excluding hydrogens is 397 g/mol. The molecule has 1 unspecified atom stereocenters. The van der Waals surface area contributed by atoms with E-state index < -0.39 is 24.8 Å². The molecule has 2 aromatic carbocycles. The summed E-state index contributed by atoms with van der Waals surface area (Å²) in [6.07, 6.45) is 0.130. The number of amides is 2. The van der Waals surface area contributed by atoms with Crippen LogP contribution >= 0.6 is 11.6 Å². The highest BCUT2D eigenvalue weighted by molar-refractivity contribution is 6.43. The van der Waals surface area contributed by atoms with Gasteiger partial charge < -0.3 is 20.3 Å². The fourth-order valence-electron chi connectivity index (χ4n) is 2.80. The summed E-state index contributed by atoms with van der Waals surface area (Å²) in [5.41, 5.74) is 1.12. The second-order valence-corrected chi connectivity index (χ2v) is 7.00. The number of nitrogens with zero attached hydrogens (tertiary/aromatic N) is 1. The van der Waals surface area contributed by atoms with Gasteiger partial charge in [-0.3, -0.25) is 9.59 Å². The number of rotatable bonds is 9. The summed E-state index contributed by atoms with van der Waals surface area (Å²) in [4.78, 5) is 26.3. The van der Waals surface area contributed by atoms with Crippen molar-refractivity contribution in [3.8, 4) is 0 Å². The van der Waals surface area contributed by atoms with Gasteiger partial charge in [0.1, 0.15) is 5.82 Å². The molecule has 1 atom stereocenters. The molecule has 0 aromatic heterocycles. The van der Waals surface area contributed by atoms with Gasteiger partial charge in [-0.1, -0.05) is 23.7 Å². The summed E-state index contributed by atoms with van der Waals surface area (Å²) in [7, 11) is -1.78. The molecule has 0 aliphatic carbocycles. The summed E-state index contributed by atoms with van der Waals surface area (Å²) in [6, 6.07) is 12.0. The highest BCUT2D eigenvalue weighted by atomic mass is 35.5. The van der Waals surface area contributed by atoms with Gasteiger partial charge in [-0.15, -0.1) is 0 Å². The largest absolute Gasteiger partial charge is 0.475 e. The molecule has 0 aliphatic rings. The molecular formula is C20H23BClFN2O4. The fraction of sp³-hybridized carbons (Fsp3) is 0.300. The Labute approximate surface area is 174 Å². The first-order chi connectivity index (χ1) is 13.8. The predicted molar refractivity (Wildman–Crippen MR) is 110 cm³/mol. The monoisotopic (exact) mass is 420 g/mol. The van der Waals surface area contributed by atoms with Crippen molar-refractivity contribution in [2.75, 3.05) is 13.1 Å². The Balaban J connectivity index is 1.91. The van der Waals surface area contributed by atoms with Crippen molar-refractivity contribution in [3.05, 3.63) is 70.5 Å². The third kappa shape index (κ3) is 7.16. The number of carbonyl (C=O) groups excluding carboxylic acids is 2. The molecule has 154 valence electrons. The van der Waals surface area contributed by atoms with E-state index in [1.165, 1.54) is 29.2 Å². The highest BCUT2D eigenvalue weighted by Gasteiger charge is 2.26. The first kappa shape index (κ1) is 22.9. The molecule has 2 rings (SSSR count). The number of halogens is 2. The smallest absolute Gasteiger partial charge is 0.426 e. The van der Waals surface area contributed by atoms with Crippen molar-refractivity contribution >= 4 is 30.5 Å². The first-order valence-corrected chi connectivity index (χ1v) is 9.62. The van der Waals surface area contributed by atoms with Crippen molar-refractivity contribution in [3.63, 3.8) is 0 Å². The van der Waals surface area contributed by atoms with Crippen LogP contribution in [0.15, 0.2) is 48.5 Å². The maximum atomic E-state index is 13.0. The van der Waals surface area contributed by atoms with Gasteiger partial charge in [0.2, 0.25) is 5.91 Å². The van der Waals surface area contributed by atoms with Gasteiger partial charge in [-0.05, 0) is 55.3 Å². The molecule has 0 bridgehead atoms. The first-order valence-electron chi connectivity index (χ1n) is 9.25. The number of hydrogen-bond donors (Lipinski definition) is 3. The maximum Gasteiger partial charge on any atom is 0.475 e. The topological polar surface area (TPSA) is 89.9 Å². The van der Waals surface area contributed by atoms with Gasteiger partial charge in [-0.2, -0.15) is 0 Å². The second kappa shape index (κ2) is 10.9. The Morgan fingerprint density at radius 2 is 1.76 bits per heavy atom. The van der Waals surface area contributed by atoms with E-state index >= 15 is 0 Å². The van der Waals surface area contributed by atoms with Crippen LogP contribution in [0.5, 0.6) is 0 Å². The number of nitrogens with one attached hydrogen (secondary N) is 1. The summed E-state index contributed by atoms with van der Waals surface area (Å²) < 4.78 is 13.0. The third-order valence-electron chi connectivity index (χ3n) is 4.44. The summed E-state index contributed by atoms with van der Waals surface area (Å²) in [5, 5.41) is 22.2. The Hall–Kier alpha value is -2.42. The Morgan fingerprint density at radius 3 is 2.31 bits per heavy atom. The van der Waals surface area contributed by atoms with E-state index in [0.717, 1.165) is 0 Å². The van der Waals surface area contributed by atoms with Crippen molar-refractivity contribution in [1.82, 2.24) is 10.2 Å². The average molecular weight is 421 g/mol. The lowest BCUT2D eigenvalue weighted by molar-refractivity contribution is -0.121. The zero-order valence-electron chi connectivity index (χ0n) is 16.0. The lowest BCUT2D eigenvalue weighted by atomic mass is 9.76. The molecule has 0 fully saturated rings. The predicted octanol–water partition coefficient (Wildman–Crippen LogP) is 2.07. The van der Waals surface area contributed by atoms with E-state index in [1.54, 1.807) is 31.2 Å². The maximum absolute atomic E-state index is 13.0. The van der Waals surface area contributed by atoms with Crippen molar-refractivity contribution < 1.29 is 24.0 Å². The van der Waals surface area contributed by atoms with E-state index in [9.17, 15) is 24.0 Å². The molecule has 0 heterocycles. The van der Waals surface area contributed by atoms with E-state index in [0.29, 0.717) is 22.7 Å². The lowest BCUT2D eigenvalue weighted by Gasteiger charge is -2.22. The summed E-state index contributed by atoms with van der Waals surface area (Å²) in [5.74, 6) is -1.99. The van der Waals surface area contributed by atoms with Crippen LogP contribution in [0.1, 0.15) is 29.3 Å². The van der Waals surface area contributed by atoms with E-state index in [4.69, 9.17) is 11.6 Å². The number of carbonyl (C=O) groups is 2. The highest BCUT2D eigenvalue weighted by Crippen LogP contribution is 2.12. The summed E-state index contributed by atoms with van der Waals surface area (Å²) >= 11 is 5.83. The molecule has 3 N–H and O–H groups in total. The van der Waals surface area contributed by atoms with E-state index in [1.807, 2.05) is 0 Å². The van der Waals surface area contributed by atoms with Gasteiger partial charge in [0.15, 0.2) is 0 Å². The number of hydrogen-bond acceptors (Lipinski definition) is 4. The van der Waals surface area contributed by atoms with Crippen LogP contribution in [0.3, 0.4) is 0 Å². The standard InChI is InChI=1S/C20H23BClFN2O4/c1-2-25(20(27)15-5-7-16(22)8-6-15)12-11-19(26)24-18(21(28)29)13-14-3-9-17(23)10-4-14/h3-10,18,28-29H,2,11-13H2,1H3,(H,24,26). The van der Waals surface area contributed by atoms with Gasteiger partial charge in [0.05, 0.1) is 5.94 Å². The Bertz CT molecular complexity index is 818. The zero-order chi connectivity index (χ0) is 21.4. The van der Waals surface area contributed by atoms with Gasteiger partial charge in [0, 0.05) is 30.1 Å². The van der Waals surface area contributed by atoms with E-state index in [-0.39, 0.29) is 25.3 Å². The molecule has 0 aliphatic heterocycles. The molecule has 0 saturated carbocycles. The van der Waals surface area contributed by atoms with Crippen LogP contribution in [0.25, 0.3) is 0 Å². The van der Waals surface area contributed by atoms with Gasteiger partial charge >= 0.3 is 7.12 Å². The fourth-order valence-corrected chi connectivity index (χ4v) is 2.93. The molecule has 0 saturated heterocycles. The van der Waals surface area contributed by atoms with Gasteiger partial charge in [-0.25, -0.2) is 4.39 Å². The molecule has 0 spiro atoms. The molecule has 6 nitrogen and oxygen atoms in total. The summed E-state index contributed by atoms with van der Waals surface area (Å²) in [6.45, 7) is 2.39. The minimum absolute atomic E-state index is 0.000191. The average Bonchev–Trinajstić information content (AvgIpc) is 2.69. The minimum Gasteiger partial charge on any atom is -0.426 e. The minimum atomic E-state index is -1.78. The van der Waals surface area contributed by atoms with Crippen LogP contribution in [0, 0.1) is 5.82 Å². The van der Waals surface area contributed by atoms with Crippen molar-refractivity contribution in [1.29, 1.82) is 0 Å². The van der Waals surface area contributed by atoms with Crippen LogP contribution in [-0.2, 0) is 11.2 Å². The number of benzene rings is 2. The van der Waals surface area contributed by atoms with Crippen molar-refractivity contribution in [2.45, 2.75) is 25.7 Å². The van der Waals surface area contributed by atoms with Crippen LogP contribution < -0.4 is 5.32 Å². The van der Waals surface area contributed by atoms with Gasteiger partial charge in [0.25, 0.3) is 5.91 Å². The molecule has 2 amide bonds. The molecule has 2 aromatic rings. The Kier molecular flexibility index (Phi) is 8.63. The normalized spacial score (nSPS) is 11.6. The Morgan fingerprint density at radius 1 is 1.14 bits per heavy atom. The molecule has 0 radical (unpaired) electrons. The SMILES string of the molecule is CCN(CCC(=O)NC(Cc1ccc(F)cc1)B(O)O)C(=O)c1ccc(Cl)cc1. The van der Waals surface area contributed by atoms with Crippen LogP contribution in [0.4, 0.5) is 4.39 Å². The van der Waals surface area contributed by atoms with Crippen molar-refractivity contribution in [2.24, 2.45) is 0 Å². The third-order valence-corrected chi connectivity index (χ3v) is 4.70. The van der Waals surface area contributed by atoms with Crippen LogP contribution in [-0.4, -0.2) is 52.9 Å². The second-order valence-electron chi connectivity index (χ2n) is 6.56. The zero-order valence-corrected chi connectivity index (χ0v) is 16.8. The van der Waals surface area contributed by atoms with Crippen LogP contribution in [0.2, 0.25) is 5.02 Å². The lowest BCUT2D eigenvalue weighted by Crippen LogP contribution is -2.48. The quantitative estimate of drug-likeness (QED) is 0.542.